The molecule has 0 radical (unpaired) electrons. The van der Waals surface area contributed by atoms with Crippen LogP contribution in [0.1, 0.15) is 44.0 Å². The van der Waals surface area contributed by atoms with Gasteiger partial charge in [-0.1, -0.05) is 0 Å². The number of amides is 1. The first-order valence-electron chi connectivity index (χ1n) is 6.86. The van der Waals surface area contributed by atoms with Gasteiger partial charge in [0, 0.05) is 33.9 Å². The minimum atomic E-state index is -0.117. The van der Waals surface area contributed by atoms with E-state index in [0.717, 1.165) is 30.4 Å². The monoisotopic (exact) mass is 344 g/mol. The Bertz CT molecular complexity index is 429. The lowest BCUT2D eigenvalue weighted by molar-refractivity contribution is -0.134. The van der Waals surface area contributed by atoms with Crippen LogP contribution < -0.4 is 5.32 Å². The van der Waals surface area contributed by atoms with Crippen LogP contribution in [0.3, 0.4) is 0 Å². The van der Waals surface area contributed by atoms with Crippen molar-refractivity contribution in [2.75, 3.05) is 13.1 Å². The van der Waals surface area contributed by atoms with Crippen LogP contribution in [0.5, 0.6) is 0 Å². The topological polar surface area (TPSA) is 32.3 Å². The predicted molar refractivity (Wildman–Crippen MR) is 83.5 cm³/mol. The van der Waals surface area contributed by atoms with E-state index < -0.39 is 0 Å². The summed E-state index contributed by atoms with van der Waals surface area (Å²) in [5.41, 5.74) is 0. The average molecular weight is 345 g/mol. The SMILES string of the molecule is CC(NC(C)c1cc(Br)cs1)C(=O)N1CCCCC1. The molecule has 2 heterocycles. The summed E-state index contributed by atoms with van der Waals surface area (Å²) < 4.78 is 1.11. The molecule has 0 spiro atoms. The highest BCUT2D eigenvalue weighted by Crippen LogP contribution is 2.25. The first kappa shape index (κ1) is 15.0. The molecule has 1 amide bonds. The van der Waals surface area contributed by atoms with Crippen molar-refractivity contribution < 1.29 is 4.79 Å². The molecule has 1 aliphatic rings. The van der Waals surface area contributed by atoms with Crippen LogP contribution in [0.4, 0.5) is 0 Å². The van der Waals surface area contributed by atoms with Crippen molar-refractivity contribution in [1.29, 1.82) is 0 Å². The van der Waals surface area contributed by atoms with Crippen LogP contribution in [0.25, 0.3) is 0 Å². The largest absolute Gasteiger partial charge is 0.341 e. The first-order valence-corrected chi connectivity index (χ1v) is 8.54. The molecular formula is C14H21BrN2OS. The zero-order valence-corrected chi connectivity index (χ0v) is 13.9. The highest BCUT2D eigenvalue weighted by molar-refractivity contribution is 9.10. The molecule has 1 aromatic rings. The smallest absolute Gasteiger partial charge is 0.239 e. The highest BCUT2D eigenvalue weighted by Gasteiger charge is 2.23. The van der Waals surface area contributed by atoms with E-state index in [1.165, 1.54) is 11.3 Å². The van der Waals surface area contributed by atoms with E-state index in [4.69, 9.17) is 0 Å². The van der Waals surface area contributed by atoms with Gasteiger partial charge in [-0.15, -0.1) is 11.3 Å². The van der Waals surface area contributed by atoms with E-state index in [1.54, 1.807) is 11.3 Å². The molecule has 1 aromatic heterocycles. The quantitative estimate of drug-likeness (QED) is 0.905. The zero-order chi connectivity index (χ0) is 13.8. The molecule has 0 bridgehead atoms. The fraction of sp³-hybridized carbons (Fsp3) is 0.643. The molecule has 2 atom stereocenters. The normalized spacial score (nSPS) is 19.2. The van der Waals surface area contributed by atoms with Gasteiger partial charge in [0.1, 0.15) is 0 Å². The number of hydrogen-bond donors (Lipinski definition) is 1. The van der Waals surface area contributed by atoms with Crippen molar-refractivity contribution in [3.8, 4) is 0 Å². The van der Waals surface area contributed by atoms with E-state index in [9.17, 15) is 4.79 Å². The second kappa shape index (κ2) is 6.86. The van der Waals surface area contributed by atoms with Crippen LogP contribution in [0, 0.1) is 0 Å². The number of thiophene rings is 1. The summed E-state index contributed by atoms with van der Waals surface area (Å²) >= 11 is 5.18. The van der Waals surface area contributed by atoms with Crippen molar-refractivity contribution >= 4 is 33.2 Å². The average Bonchev–Trinajstić information content (AvgIpc) is 2.85. The minimum Gasteiger partial charge on any atom is -0.341 e. The fourth-order valence-electron chi connectivity index (χ4n) is 2.47. The minimum absolute atomic E-state index is 0.117. The summed E-state index contributed by atoms with van der Waals surface area (Å²) in [6.07, 6.45) is 3.54. The molecule has 2 unspecified atom stereocenters. The Kier molecular flexibility index (Phi) is 5.42. The third-order valence-corrected chi connectivity index (χ3v) is 5.43. The molecule has 106 valence electrons. The molecule has 5 heteroatoms. The zero-order valence-electron chi connectivity index (χ0n) is 11.5. The molecule has 1 aliphatic heterocycles. The number of carbonyl (C=O) groups excluding carboxylic acids is 1. The summed E-state index contributed by atoms with van der Waals surface area (Å²) in [5.74, 6) is 0.238. The van der Waals surface area contributed by atoms with E-state index >= 15 is 0 Å². The number of nitrogens with zero attached hydrogens (tertiary/aromatic N) is 1. The Morgan fingerprint density at radius 3 is 2.63 bits per heavy atom. The summed E-state index contributed by atoms with van der Waals surface area (Å²) in [7, 11) is 0. The lowest BCUT2D eigenvalue weighted by Crippen LogP contribution is -2.47. The van der Waals surface area contributed by atoms with Crippen LogP contribution in [-0.4, -0.2) is 29.9 Å². The number of hydrogen-bond acceptors (Lipinski definition) is 3. The molecule has 0 aromatic carbocycles. The Morgan fingerprint density at radius 2 is 2.05 bits per heavy atom. The third kappa shape index (κ3) is 4.04. The van der Waals surface area contributed by atoms with Crippen molar-refractivity contribution in [2.24, 2.45) is 0 Å². The van der Waals surface area contributed by atoms with Gasteiger partial charge >= 0.3 is 0 Å². The lowest BCUT2D eigenvalue weighted by atomic mass is 10.1. The number of piperidine rings is 1. The van der Waals surface area contributed by atoms with E-state index in [0.29, 0.717) is 0 Å². The van der Waals surface area contributed by atoms with E-state index in [2.05, 4.69) is 39.6 Å². The molecule has 1 N–H and O–H groups in total. The maximum absolute atomic E-state index is 12.3. The summed E-state index contributed by atoms with van der Waals surface area (Å²) in [6, 6.07) is 2.20. The molecule has 3 nitrogen and oxygen atoms in total. The second-order valence-corrected chi connectivity index (χ2v) is 7.02. The van der Waals surface area contributed by atoms with Crippen LogP contribution in [0.2, 0.25) is 0 Å². The summed E-state index contributed by atoms with van der Waals surface area (Å²) in [5, 5.41) is 5.48. The number of nitrogens with one attached hydrogen (secondary N) is 1. The van der Waals surface area contributed by atoms with Gasteiger partial charge in [0.25, 0.3) is 0 Å². The van der Waals surface area contributed by atoms with E-state index in [1.807, 2.05) is 11.8 Å². The Morgan fingerprint density at radius 1 is 1.37 bits per heavy atom. The third-order valence-electron chi connectivity index (χ3n) is 3.55. The van der Waals surface area contributed by atoms with Gasteiger partial charge in [-0.25, -0.2) is 0 Å². The van der Waals surface area contributed by atoms with Gasteiger partial charge in [-0.3, -0.25) is 10.1 Å². The second-order valence-electron chi connectivity index (χ2n) is 5.16. The van der Waals surface area contributed by atoms with Gasteiger partial charge in [-0.2, -0.15) is 0 Å². The van der Waals surface area contributed by atoms with Gasteiger partial charge in [-0.05, 0) is 55.1 Å². The lowest BCUT2D eigenvalue weighted by Gasteiger charge is -2.30. The number of rotatable bonds is 4. The number of carbonyl (C=O) groups is 1. The van der Waals surface area contributed by atoms with Crippen molar-refractivity contribution in [2.45, 2.75) is 45.2 Å². The van der Waals surface area contributed by atoms with Gasteiger partial charge < -0.3 is 4.90 Å². The Labute approximate surface area is 127 Å². The maximum atomic E-state index is 12.3. The van der Waals surface area contributed by atoms with Crippen LogP contribution >= 0.6 is 27.3 Å². The van der Waals surface area contributed by atoms with Gasteiger partial charge in [0.05, 0.1) is 6.04 Å². The van der Waals surface area contributed by atoms with Crippen LogP contribution in [-0.2, 0) is 4.79 Å². The number of halogens is 1. The van der Waals surface area contributed by atoms with Crippen molar-refractivity contribution in [3.05, 3.63) is 20.8 Å². The molecular weight excluding hydrogens is 324 g/mol. The first-order chi connectivity index (χ1) is 9.08. The highest BCUT2D eigenvalue weighted by atomic mass is 79.9. The van der Waals surface area contributed by atoms with Gasteiger partial charge in [0.15, 0.2) is 0 Å². The maximum Gasteiger partial charge on any atom is 0.239 e. The molecule has 1 fully saturated rings. The number of likely N-dealkylation sites (tertiary alicyclic amines) is 1. The van der Waals surface area contributed by atoms with Crippen molar-refractivity contribution in [1.82, 2.24) is 10.2 Å². The Hall–Kier alpha value is -0.390. The summed E-state index contributed by atoms with van der Waals surface area (Å²) in [6.45, 7) is 5.92. The summed E-state index contributed by atoms with van der Waals surface area (Å²) in [4.78, 5) is 15.6. The van der Waals surface area contributed by atoms with Crippen molar-refractivity contribution in [3.63, 3.8) is 0 Å². The molecule has 19 heavy (non-hydrogen) atoms. The standard InChI is InChI=1S/C14H21BrN2OS/c1-10(13-8-12(15)9-19-13)16-11(2)14(18)17-6-4-3-5-7-17/h8-11,16H,3-7H2,1-2H3. The van der Waals surface area contributed by atoms with Gasteiger partial charge in [0.2, 0.25) is 5.91 Å². The Balaban J connectivity index is 1.89. The molecule has 0 aliphatic carbocycles. The predicted octanol–water partition coefficient (Wildman–Crippen LogP) is 3.56. The molecule has 0 saturated carbocycles. The molecule has 2 rings (SSSR count). The fourth-order valence-corrected chi connectivity index (χ4v) is 3.93. The van der Waals surface area contributed by atoms with E-state index in [-0.39, 0.29) is 18.0 Å². The van der Waals surface area contributed by atoms with Crippen LogP contribution in [0.15, 0.2) is 15.9 Å². The molecule has 1 saturated heterocycles.